The highest BCUT2D eigenvalue weighted by Gasteiger charge is 2.35. The molecule has 0 amide bonds. The van der Waals surface area contributed by atoms with Crippen LogP contribution in [0.3, 0.4) is 0 Å². The van der Waals surface area contributed by atoms with Crippen LogP contribution in [0.15, 0.2) is 49.1 Å². The Balaban J connectivity index is 1.49. The van der Waals surface area contributed by atoms with Crippen LogP contribution in [0, 0.1) is 11.6 Å². The summed E-state index contributed by atoms with van der Waals surface area (Å²) in [6, 6.07) is 4.53. The van der Waals surface area contributed by atoms with Crippen molar-refractivity contribution in [2.24, 2.45) is 0 Å². The minimum Gasteiger partial charge on any atom is -0.468 e. The summed E-state index contributed by atoms with van der Waals surface area (Å²) >= 11 is 0. The van der Waals surface area contributed by atoms with Gasteiger partial charge in [0.15, 0.2) is 5.82 Å². The standard InChI is InChI=1S/C23H21F2N7O2/c1-34-23(33)20-13-32(7-6-31(20)12-14-2-3-16(24)8-17(14)25)22-21(15-9-27-28-10-15)29-19-11-26-5-4-18(19)30-22/h2-5,8-11,20H,6-7,12-13H2,1H3,(H,27,28). The molecule has 1 aromatic carbocycles. The molecule has 1 aliphatic heterocycles. The molecule has 4 aromatic rings. The summed E-state index contributed by atoms with van der Waals surface area (Å²) in [6.45, 7) is 1.33. The summed E-state index contributed by atoms with van der Waals surface area (Å²) in [4.78, 5) is 30.2. The lowest BCUT2D eigenvalue weighted by Gasteiger charge is -2.40. The third-order valence-corrected chi connectivity index (χ3v) is 5.87. The largest absolute Gasteiger partial charge is 0.468 e. The average Bonchev–Trinajstić information content (AvgIpc) is 3.39. The number of aromatic nitrogens is 5. The van der Waals surface area contributed by atoms with Gasteiger partial charge in [-0.05, 0) is 12.1 Å². The van der Waals surface area contributed by atoms with Gasteiger partial charge in [-0.2, -0.15) is 5.10 Å². The van der Waals surface area contributed by atoms with Crippen molar-refractivity contribution < 1.29 is 18.3 Å². The molecule has 0 aliphatic carbocycles. The topological polar surface area (TPSA) is 100 Å². The Morgan fingerprint density at radius 1 is 1.18 bits per heavy atom. The molecule has 1 saturated heterocycles. The number of methoxy groups -OCH3 is 1. The van der Waals surface area contributed by atoms with E-state index in [2.05, 4.69) is 15.2 Å². The van der Waals surface area contributed by atoms with Crippen LogP contribution in [-0.4, -0.2) is 68.8 Å². The normalized spacial score (nSPS) is 16.7. The quantitative estimate of drug-likeness (QED) is 0.449. The summed E-state index contributed by atoms with van der Waals surface area (Å²) in [5.74, 6) is -1.15. The second kappa shape index (κ2) is 9.10. The zero-order valence-corrected chi connectivity index (χ0v) is 18.3. The van der Waals surface area contributed by atoms with E-state index in [0.717, 1.165) is 11.6 Å². The number of esters is 1. The van der Waals surface area contributed by atoms with Crippen LogP contribution >= 0.6 is 0 Å². The molecule has 174 valence electrons. The second-order valence-corrected chi connectivity index (χ2v) is 7.94. The molecule has 34 heavy (non-hydrogen) atoms. The monoisotopic (exact) mass is 465 g/mol. The molecule has 9 nitrogen and oxygen atoms in total. The third-order valence-electron chi connectivity index (χ3n) is 5.87. The molecule has 4 heterocycles. The van der Waals surface area contributed by atoms with Crippen molar-refractivity contribution in [3.05, 3.63) is 66.3 Å². The first kappa shape index (κ1) is 21.8. The maximum absolute atomic E-state index is 14.3. The summed E-state index contributed by atoms with van der Waals surface area (Å²) < 4.78 is 32.7. The molecule has 0 radical (unpaired) electrons. The predicted octanol–water partition coefficient (Wildman–Crippen LogP) is 2.56. The summed E-state index contributed by atoms with van der Waals surface area (Å²) in [6.07, 6.45) is 6.66. The van der Waals surface area contributed by atoms with Crippen LogP contribution < -0.4 is 4.90 Å². The van der Waals surface area contributed by atoms with Gasteiger partial charge in [-0.25, -0.2) is 18.7 Å². The Hall–Kier alpha value is -3.99. The fraction of sp³-hybridized carbons (Fsp3) is 0.261. The van der Waals surface area contributed by atoms with E-state index in [0.29, 0.717) is 41.2 Å². The van der Waals surface area contributed by atoms with Gasteiger partial charge in [0, 0.05) is 55.8 Å². The number of nitrogens with one attached hydrogen (secondary N) is 1. The van der Waals surface area contributed by atoms with Gasteiger partial charge in [0.1, 0.15) is 28.9 Å². The lowest BCUT2D eigenvalue weighted by Crippen LogP contribution is -2.56. The lowest BCUT2D eigenvalue weighted by molar-refractivity contribution is -0.147. The molecular formula is C23H21F2N7O2. The number of pyridine rings is 1. The first-order chi connectivity index (χ1) is 16.5. The molecule has 1 unspecified atom stereocenters. The van der Waals surface area contributed by atoms with Crippen molar-refractivity contribution in [2.45, 2.75) is 12.6 Å². The summed E-state index contributed by atoms with van der Waals surface area (Å²) in [5.41, 5.74) is 2.97. The van der Waals surface area contributed by atoms with E-state index in [-0.39, 0.29) is 13.1 Å². The number of carbonyl (C=O) groups is 1. The lowest BCUT2D eigenvalue weighted by atomic mass is 10.1. The number of nitrogens with zero attached hydrogens (tertiary/aromatic N) is 6. The first-order valence-electron chi connectivity index (χ1n) is 10.6. The molecule has 1 fully saturated rings. The van der Waals surface area contributed by atoms with Gasteiger partial charge in [-0.1, -0.05) is 6.07 Å². The highest BCUT2D eigenvalue weighted by molar-refractivity contribution is 5.83. The molecule has 1 atom stereocenters. The molecular weight excluding hydrogens is 444 g/mol. The van der Waals surface area contributed by atoms with E-state index >= 15 is 0 Å². The number of anilines is 1. The van der Waals surface area contributed by atoms with Gasteiger partial charge in [0.2, 0.25) is 0 Å². The minimum atomic E-state index is -0.685. The van der Waals surface area contributed by atoms with E-state index in [4.69, 9.17) is 14.7 Å². The Kier molecular flexibility index (Phi) is 5.84. The number of hydrogen-bond acceptors (Lipinski definition) is 8. The van der Waals surface area contributed by atoms with Crippen molar-refractivity contribution in [3.8, 4) is 11.3 Å². The number of ether oxygens (including phenoxy) is 1. The van der Waals surface area contributed by atoms with Crippen LogP contribution in [0.1, 0.15) is 5.56 Å². The number of aromatic amines is 1. The Labute approximate surface area is 193 Å². The molecule has 1 N–H and O–H groups in total. The number of halogens is 2. The van der Waals surface area contributed by atoms with Crippen LogP contribution in [0.2, 0.25) is 0 Å². The zero-order chi connectivity index (χ0) is 23.7. The summed E-state index contributed by atoms with van der Waals surface area (Å²) in [7, 11) is 1.32. The van der Waals surface area contributed by atoms with E-state index in [1.165, 1.54) is 19.2 Å². The van der Waals surface area contributed by atoms with Gasteiger partial charge >= 0.3 is 5.97 Å². The van der Waals surface area contributed by atoms with E-state index in [1.54, 1.807) is 30.9 Å². The average molecular weight is 465 g/mol. The van der Waals surface area contributed by atoms with Crippen LogP contribution in [0.25, 0.3) is 22.3 Å². The van der Waals surface area contributed by atoms with E-state index in [9.17, 15) is 13.6 Å². The van der Waals surface area contributed by atoms with Gasteiger partial charge in [0.25, 0.3) is 0 Å². The van der Waals surface area contributed by atoms with Gasteiger partial charge in [-0.3, -0.25) is 19.8 Å². The molecule has 5 rings (SSSR count). The SMILES string of the molecule is COC(=O)C1CN(c2nc3ccncc3nc2-c2cn[nH]c2)CCN1Cc1ccc(F)cc1F. The Morgan fingerprint density at radius 3 is 2.82 bits per heavy atom. The molecule has 1 aliphatic rings. The molecule has 3 aromatic heterocycles. The number of piperazine rings is 1. The van der Waals surface area contributed by atoms with Crippen molar-refractivity contribution in [3.63, 3.8) is 0 Å². The second-order valence-electron chi connectivity index (χ2n) is 7.94. The van der Waals surface area contributed by atoms with Gasteiger partial charge in [-0.15, -0.1) is 0 Å². The number of carbonyl (C=O) groups excluding carboxylic acids is 1. The Bertz CT molecular complexity index is 1330. The third kappa shape index (κ3) is 4.17. The number of benzene rings is 1. The fourth-order valence-corrected chi connectivity index (χ4v) is 4.12. The molecule has 0 bridgehead atoms. The molecule has 0 spiro atoms. The maximum Gasteiger partial charge on any atom is 0.324 e. The van der Waals surface area contributed by atoms with E-state index < -0.39 is 23.6 Å². The number of hydrogen-bond donors (Lipinski definition) is 1. The van der Waals surface area contributed by atoms with Gasteiger partial charge < -0.3 is 9.64 Å². The van der Waals surface area contributed by atoms with Crippen LogP contribution in [-0.2, 0) is 16.1 Å². The zero-order valence-electron chi connectivity index (χ0n) is 18.3. The van der Waals surface area contributed by atoms with Crippen molar-refractivity contribution in [1.29, 1.82) is 0 Å². The Morgan fingerprint density at radius 2 is 2.06 bits per heavy atom. The van der Waals surface area contributed by atoms with Crippen molar-refractivity contribution >= 4 is 22.8 Å². The number of rotatable bonds is 5. The number of H-pyrrole nitrogens is 1. The van der Waals surface area contributed by atoms with E-state index in [1.807, 2.05) is 9.80 Å². The smallest absolute Gasteiger partial charge is 0.324 e. The fourth-order valence-electron chi connectivity index (χ4n) is 4.12. The predicted molar refractivity (Wildman–Crippen MR) is 120 cm³/mol. The van der Waals surface area contributed by atoms with Crippen LogP contribution in [0.4, 0.5) is 14.6 Å². The maximum atomic E-state index is 14.3. The first-order valence-corrected chi connectivity index (χ1v) is 10.6. The van der Waals surface area contributed by atoms with Crippen molar-refractivity contribution in [1.82, 2.24) is 30.0 Å². The minimum absolute atomic E-state index is 0.142. The van der Waals surface area contributed by atoms with Crippen LogP contribution in [0.5, 0.6) is 0 Å². The summed E-state index contributed by atoms with van der Waals surface area (Å²) in [5, 5.41) is 6.81. The molecule has 0 saturated carbocycles. The highest BCUT2D eigenvalue weighted by Crippen LogP contribution is 2.31. The highest BCUT2D eigenvalue weighted by atomic mass is 19.1. The van der Waals surface area contributed by atoms with Crippen molar-refractivity contribution in [2.75, 3.05) is 31.6 Å². The molecule has 11 heteroatoms. The number of fused-ring (bicyclic) bond motifs is 1. The van der Waals surface area contributed by atoms with Gasteiger partial charge in [0.05, 0.1) is 25.0 Å².